The Labute approximate surface area is 390 Å². The molecule has 0 aromatic rings. The first-order valence-electron chi connectivity index (χ1n) is 27.1. The largest absolute Gasteiger partial charge is 0.462 e. The summed E-state index contributed by atoms with van der Waals surface area (Å²) in [6.07, 6.45) is 62.5. The number of carbonyl (C=O) groups excluding carboxylic acids is 3. The lowest BCUT2D eigenvalue weighted by Crippen LogP contribution is -2.30. The average Bonchev–Trinajstić information content (AvgIpc) is 3.28. The third kappa shape index (κ3) is 50.2. The summed E-state index contributed by atoms with van der Waals surface area (Å²) in [4.78, 5) is 38.0. The second-order valence-corrected chi connectivity index (χ2v) is 18.1. The number of rotatable bonds is 49. The summed E-state index contributed by atoms with van der Waals surface area (Å²) in [7, 11) is 0. The van der Waals surface area contributed by atoms with Gasteiger partial charge in [-0.3, -0.25) is 14.4 Å². The van der Waals surface area contributed by atoms with Gasteiger partial charge in [-0.25, -0.2) is 0 Å². The van der Waals surface area contributed by atoms with E-state index in [-0.39, 0.29) is 37.5 Å². The van der Waals surface area contributed by atoms with Gasteiger partial charge in [0.2, 0.25) is 0 Å². The molecule has 0 aliphatic carbocycles. The maximum atomic E-state index is 12.8. The number of allylic oxidation sites excluding steroid dienone is 8. The Balaban J connectivity index is 4.38. The van der Waals surface area contributed by atoms with Crippen LogP contribution >= 0.6 is 0 Å². The van der Waals surface area contributed by atoms with E-state index in [0.29, 0.717) is 19.3 Å². The fraction of sp³-hybridized carbons (Fsp3) is 0.807. The van der Waals surface area contributed by atoms with Crippen LogP contribution in [-0.4, -0.2) is 37.2 Å². The number of esters is 3. The number of unbranched alkanes of at least 4 members (excludes halogenated alkanes) is 30. The molecule has 1 atom stereocenters. The number of hydrogen-bond donors (Lipinski definition) is 0. The Hall–Kier alpha value is -2.63. The van der Waals surface area contributed by atoms with Crippen LogP contribution in [0.1, 0.15) is 278 Å². The van der Waals surface area contributed by atoms with Crippen molar-refractivity contribution in [3.63, 3.8) is 0 Å². The smallest absolute Gasteiger partial charge is 0.306 e. The van der Waals surface area contributed by atoms with E-state index in [1.807, 2.05) is 0 Å². The minimum absolute atomic E-state index is 0.0895. The molecule has 0 aromatic heterocycles. The van der Waals surface area contributed by atoms with Crippen LogP contribution in [0.25, 0.3) is 0 Å². The van der Waals surface area contributed by atoms with Crippen LogP contribution in [0, 0.1) is 0 Å². The summed E-state index contributed by atoms with van der Waals surface area (Å²) in [6.45, 7) is 6.57. The Morgan fingerprint density at radius 1 is 0.317 bits per heavy atom. The van der Waals surface area contributed by atoms with Gasteiger partial charge in [0.25, 0.3) is 0 Å². The summed E-state index contributed by atoms with van der Waals surface area (Å²) in [5.41, 5.74) is 0. The second kappa shape index (κ2) is 52.0. The Morgan fingerprint density at radius 3 is 1.02 bits per heavy atom. The lowest BCUT2D eigenvalue weighted by Gasteiger charge is -2.18. The van der Waals surface area contributed by atoms with Crippen molar-refractivity contribution in [3.8, 4) is 0 Å². The fourth-order valence-electron chi connectivity index (χ4n) is 7.68. The molecule has 0 unspecified atom stereocenters. The van der Waals surface area contributed by atoms with Crippen molar-refractivity contribution in [2.75, 3.05) is 13.2 Å². The molecule has 0 heterocycles. The van der Waals surface area contributed by atoms with Crippen molar-refractivity contribution in [2.24, 2.45) is 0 Å². The van der Waals surface area contributed by atoms with Gasteiger partial charge in [-0.15, -0.1) is 0 Å². The van der Waals surface area contributed by atoms with E-state index in [9.17, 15) is 14.4 Å². The zero-order chi connectivity index (χ0) is 45.8. The normalized spacial score (nSPS) is 12.4. The summed E-state index contributed by atoms with van der Waals surface area (Å²) in [5, 5.41) is 0. The highest BCUT2D eigenvalue weighted by Crippen LogP contribution is 2.16. The second-order valence-electron chi connectivity index (χ2n) is 18.1. The van der Waals surface area contributed by atoms with Gasteiger partial charge in [0.05, 0.1) is 0 Å². The predicted molar refractivity (Wildman–Crippen MR) is 270 cm³/mol. The van der Waals surface area contributed by atoms with Crippen LogP contribution in [0.4, 0.5) is 0 Å². The summed E-state index contributed by atoms with van der Waals surface area (Å²) >= 11 is 0. The van der Waals surface area contributed by atoms with Crippen molar-refractivity contribution in [1.29, 1.82) is 0 Å². The van der Waals surface area contributed by atoms with Crippen LogP contribution in [0.2, 0.25) is 0 Å². The van der Waals surface area contributed by atoms with E-state index in [2.05, 4.69) is 69.4 Å². The highest BCUT2D eigenvalue weighted by atomic mass is 16.6. The highest BCUT2D eigenvalue weighted by molar-refractivity contribution is 5.71. The van der Waals surface area contributed by atoms with Crippen molar-refractivity contribution < 1.29 is 28.6 Å². The first-order valence-corrected chi connectivity index (χ1v) is 27.1. The third-order valence-electron chi connectivity index (χ3n) is 11.8. The summed E-state index contributed by atoms with van der Waals surface area (Å²) in [6, 6.07) is 0. The lowest BCUT2D eigenvalue weighted by molar-refractivity contribution is -0.167. The standard InChI is InChI=1S/C57H102O6/c1-4-7-10-13-16-19-22-24-26-28-30-32-35-37-40-43-46-49-55(58)61-52-54(63-57(60)51-48-45-42-39-34-21-18-15-12-9-6-3)53-62-56(59)50-47-44-41-38-36-33-31-29-27-25-23-20-17-14-11-8-5-2/h15,18,24,26,30,32,37,40,54H,4-14,16-17,19-23,25,27-29,31,33-36,38-39,41-53H2,1-3H3/b18-15-,26-24-,32-30-,40-37-/t54-/m1/s1. The number of ether oxygens (including phenoxy) is 3. The van der Waals surface area contributed by atoms with Crippen molar-refractivity contribution in [3.05, 3.63) is 48.6 Å². The average molecular weight is 883 g/mol. The number of carbonyl (C=O) groups is 3. The van der Waals surface area contributed by atoms with Gasteiger partial charge >= 0.3 is 17.9 Å². The Morgan fingerprint density at radius 2 is 0.603 bits per heavy atom. The highest BCUT2D eigenvalue weighted by Gasteiger charge is 2.19. The van der Waals surface area contributed by atoms with Gasteiger partial charge in [0.15, 0.2) is 6.10 Å². The molecule has 6 nitrogen and oxygen atoms in total. The van der Waals surface area contributed by atoms with Gasteiger partial charge in [0, 0.05) is 19.3 Å². The van der Waals surface area contributed by atoms with Crippen LogP contribution in [0.15, 0.2) is 48.6 Å². The minimum atomic E-state index is -0.794. The molecular formula is C57H102O6. The topological polar surface area (TPSA) is 78.9 Å². The van der Waals surface area contributed by atoms with E-state index in [4.69, 9.17) is 14.2 Å². The van der Waals surface area contributed by atoms with E-state index in [0.717, 1.165) is 70.6 Å². The zero-order valence-electron chi connectivity index (χ0n) is 41.8. The van der Waals surface area contributed by atoms with Crippen molar-refractivity contribution >= 4 is 17.9 Å². The fourth-order valence-corrected chi connectivity index (χ4v) is 7.68. The molecule has 0 N–H and O–H groups in total. The third-order valence-corrected chi connectivity index (χ3v) is 11.8. The van der Waals surface area contributed by atoms with Crippen molar-refractivity contribution in [2.45, 2.75) is 284 Å². The van der Waals surface area contributed by atoms with Crippen LogP contribution in [0.3, 0.4) is 0 Å². The molecule has 0 fully saturated rings. The van der Waals surface area contributed by atoms with Gasteiger partial charge in [-0.1, -0.05) is 236 Å². The molecule has 0 saturated carbocycles. The minimum Gasteiger partial charge on any atom is -0.462 e. The quantitative estimate of drug-likeness (QED) is 0.0262. The molecular weight excluding hydrogens is 781 g/mol. The molecule has 0 aliphatic rings. The van der Waals surface area contributed by atoms with E-state index < -0.39 is 6.10 Å². The molecule has 366 valence electrons. The van der Waals surface area contributed by atoms with E-state index >= 15 is 0 Å². The molecule has 0 spiro atoms. The van der Waals surface area contributed by atoms with E-state index in [1.54, 1.807) is 0 Å². The molecule has 6 heteroatoms. The van der Waals surface area contributed by atoms with Gasteiger partial charge in [0.1, 0.15) is 13.2 Å². The van der Waals surface area contributed by atoms with Crippen LogP contribution in [0.5, 0.6) is 0 Å². The molecule has 0 aliphatic heterocycles. The van der Waals surface area contributed by atoms with Crippen molar-refractivity contribution in [1.82, 2.24) is 0 Å². The molecule has 0 aromatic carbocycles. The molecule has 0 bridgehead atoms. The lowest BCUT2D eigenvalue weighted by atomic mass is 10.0. The first kappa shape index (κ1) is 60.4. The molecule has 0 rings (SSSR count). The summed E-state index contributed by atoms with van der Waals surface area (Å²) < 4.78 is 16.8. The molecule has 0 amide bonds. The molecule has 63 heavy (non-hydrogen) atoms. The van der Waals surface area contributed by atoms with Crippen LogP contribution in [-0.2, 0) is 28.6 Å². The molecule has 0 radical (unpaired) electrons. The first-order chi connectivity index (χ1) is 31.0. The zero-order valence-corrected chi connectivity index (χ0v) is 41.8. The monoisotopic (exact) mass is 883 g/mol. The summed E-state index contributed by atoms with van der Waals surface area (Å²) in [5.74, 6) is -0.945. The van der Waals surface area contributed by atoms with Crippen LogP contribution < -0.4 is 0 Å². The maximum Gasteiger partial charge on any atom is 0.306 e. The Bertz CT molecular complexity index is 1110. The number of hydrogen-bond acceptors (Lipinski definition) is 6. The maximum absolute atomic E-state index is 12.8. The van der Waals surface area contributed by atoms with Gasteiger partial charge in [-0.2, -0.15) is 0 Å². The Kier molecular flexibility index (Phi) is 49.8. The SMILES string of the molecule is CCCC/C=C\CCCCCCCC(=O)O[C@H](COC(=O)CCC/C=C\C/C=C\C/C=C\CCCCCCCC)COC(=O)CCCCCCCCCCCCCCCCCCC. The van der Waals surface area contributed by atoms with Gasteiger partial charge in [-0.05, 0) is 70.6 Å². The van der Waals surface area contributed by atoms with E-state index in [1.165, 1.54) is 161 Å². The van der Waals surface area contributed by atoms with Gasteiger partial charge < -0.3 is 14.2 Å². The predicted octanol–water partition coefficient (Wildman–Crippen LogP) is 17.9. The molecule has 0 saturated heterocycles.